The van der Waals surface area contributed by atoms with Crippen LogP contribution in [0.4, 0.5) is 5.69 Å². The summed E-state index contributed by atoms with van der Waals surface area (Å²) in [5.41, 5.74) is 5.36. The number of nitrogens with one attached hydrogen (secondary N) is 1. The Morgan fingerprint density at radius 1 is 1.09 bits per heavy atom. The van der Waals surface area contributed by atoms with Gasteiger partial charge in [-0.3, -0.25) is 0 Å². The highest BCUT2D eigenvalue weighted by molar-refractivity contribution is 5.96. The maximum absolute atomic E-state index is 12.1. The number of aromatic nitrogens is 5. The third kappa shape index (κ3) is 4.79. The molecule has 2 aromatic carbocycles. The van der Waals surface area contributed by atoms with Crippen molar-refractivity contribution in [1.82, 2.24) is 25.2 Å². The van der Waals surface area contributed by atoms with Gasteiger partial charge in [0.05, 0.1) is 25.9 Å². The van der Waals surface area contributed by atoms with Crippen molar-refractivity contribution in [1.29, 1.82) is 0 Å². The maximum Gasteiger partial charge on any atom is 0.337 e. The summed E-state index contributed by atoms with van der Waals surface area (Å²) in [5.74, 6) is 0.348. The lowest BCUT2D eigenvalue weighted by atomic mass is 10.0. The van der Waals surface area contributed by atoms with Crippen LogP contribution in [0.15, 0.2) is 48.7 Å². The third-order valence-corrected chi connectivity index (χ3v) is 6.35. The number of ether oxygens (including phenoxy) is 2. The predicted octanol–water partition coefficient (Wildman–Crippen LogP) is 2.81. The second kappa shape index (κ2) is 10.0. The SMILES string of the molecule is COC(=O)c1ccc2c(c1)c(CCc1ccc(N3CCOCC3)cc1)cn2CCc1nn[nH]n1. The number of hydrogen-bond donors (Lipinski definition) is 1. The van der Waals surface area contributed by atoms with E-state index in [1.807, 2.05) is 18.2 Å². The monoisotopic (exact) mass is 460 g/mol. The molecule has 9 heteroatoms. The second-order valence-corrected chi connectivity index (χ2v) is 8.42. The van der Waals surface area contributed by atoms with Gasteiger partial charge in [0.2, 0.25) is 0 Å². The normalized spacial score (nSPS) is 14.0. The van der Waals surface area contributed by atoms with Crippen LogP contribution in [0.1, 0.15) is 27.3 Å². The Morgan fingerprint density at radius 2 is 1.91 bits per heavy atom. The minimum Gasteiger partial charge on any atom is -0.465 e. The van der Waals surface area contributed by atoms with Gasteiger partial charge in [0.25, 0.3) is 0 Å². The number of anilines is 1. The highest BCUT2D eigenvalue weighted by Gasteiger charge is 2.14. The van der Waals surface area contributed by atoms with Crippen LogP contribution >= 0.6 is 0 Å². The first-order valence-electron chi connectivity index (χ1n) is 11.6. The number of benzene rings is 2. The van der Waals surface area contributed by atoms with Crippen molar-refractivity contribution in [3.63, 3.8) is 0 Å². The van der Waals surface area contributed by atoms with Gasteiger partial charge in [-0.1, -0.05) is 17.3 Å². The smallest absolute Gasteiger partial charge is 0.337 e. The van der Waals surface area contributed by atoms with Gasteiger partial charge in [0.15, 0.2) is 5.82 Å². The van der Waals surface area contributed by atoms with E-state index in [0.29, 0.717) is 17.8 Å². The van der Waals surface area contributed by atoms with E-state index < -0.39 is 0 Å². The number of H-pyrrole nitrogens is 1. The molecule has 176 valence electrons. The van der Waals surface area contributed by atoms with E-state index in [9.17, 15) is 4.79 Å². The molecule has 0 bridgehead atoms. The number of esters is 1. The van der Waals surface area contributed by atoms with Gasteiger partial charge in [0, 0.05) is 48.8 Å². The Balaban J connectivity index is 1.35. The molecule has 0 spiro atoms. The molecule has 9 nitrogen and oxygen atoms in total. The number of hydrogen-bond acceptors (Lipinski definition) is 7. The lowest BCUT2D eigenvalue weighted by Crippen LogP contribution is -2.36. The first-order chi connectivity index (χ1) is 16.7. The van der Waals surface area contributed by atoms with E-state index >= 15 is 0 Å². The van der Waals surface area contributed by atoms with Gasteiger partial charge in [-0.2, -0.15) is 5.21 Å². The van der Waals surface area contributed by atoms with Gasteiger partial charge in [-0.05, 0) is 54.3 Å². The number of carbonyl (C=O) groups is 1. The van der Waals surface area contributed by atoms with E-state index in [4.69, 9.17) is 9.47 Å². The van der Waals surface area contributed by atoms with E-state index in [2.05, 4.69) is 60.6 Å². The van der Waals surface area contributed by atoms with Crippen molar-refractivity contribution in [2.24, 2.45) is 0 Å². The fourth-order valence-corrected chi connectivity index (χ4v) is 4.48. The highest BCUT2D eigenvalue weighted by Crippen LogP contribution is 2.26. The summed E-state index contributed by atoms with van der Waals surface area (Å²) >= 11 is 0. The largest absolute Gasteiger partial charge is 0.465 e. The van der Waals surface area contributed by atoms with E-state index in [1.54, 1.807) is 0 Å². The number of rotatable bonds is 8. The average Bonchev–Trinajstić information content (AvgIpc) is 3.54. The highest BCUT2D eigenvalue weighted by atomic mass is 16.5. The van der Waals surface area contributed by atoms with E-state index in [0.717, 1.165) is 56.6 Å². The molecular weight excluding hydrogens is 432 g/mol. The predicted molar refractivity (Wildman–Crippen MR) is 128 cm³/mol. The standard InChI is InChI=1S/C25H28N6O3/c1-33-25(32)19-6-9-23-22(16-19)20(17-31(23)11-10-24-26-28-29-27-24)5-2-18-3-7-21(8-4-18)30-12-14-34-15-13-30/h3-4,6-9,16-17H,2,5,10-15H2,1H3,(H,26,27,28,29). The molecule has 0 radical (unpaired) electrons. The topological polar surface area (TPSA) is 98.2 Å². The molecule has 1 saturated heterocycles. The molecule has 3 heterocycles. The van der Waals surface area contributed by atoms with Gasteiger partial charge < -0.3 is 18.9 Å². The van der Waals surface area contributed by atoms with Gasteiger partial charge in [-0.15, -0.1) is 10.2 Å². The Kier molecular flexibility index (Phi) is 6.53. The van der Waals surface area contributed by atoms with E-state index in [1.165, 1.54) is 23.9 Å². The Labute approximate surface area is 197 Å². The zero-order valence-electron chi connectivity index (χ0n) is 19.2. The summed E-state index contributed by atoms with van der Waals surface area (Å²) < 4.78 is 12.6. The molecule has 5 rings (SSSR count). The fourth-order valence-electron chi connectivity index (χ4n) is 4.48. The number of aromatic amines is 1. The molecular formula is C25H28N6O3. The van der Waals surface area contributed by atoms with Crippen LogP contribution in [-0.4, -0.2) is 64.6 Å². The molecule has 0 aliphatic carbocycles. The van der Waals surface area contributed by atoms with Crippen LogP contribution in [0.25, 0.3) is 10.9 Å². The molecule has 0 saturated carbocycles. The summed E-state index contributed by atoms with van der Waals surface area (Å²) in [6.07, 6.45) is 4.62. The summed E-state index contributed by atoms with van der Waals surface area (Å²) in [5, 5.41) is 15.3. The van der Waals surface area contributed by atoms with Crippen molar-refractivity contribution in [3.05, 3.63) is 71.2 Å². The second-order valence-electron chi connectivity index (χ2n) is 8.42. The van der Waals surface area contributed by atoms with Crippen LogP contribution in [0.3, 0.4) is 0 Å². The number of tetrazole rings is 1. The number of nitrogens with zero attached hydrogens (tertiary/aromatic N) is 5. The lowest BCUT2D eigenvalue weighted by Gasteiger charge is -2.28. The number of morpholine rings is 1. The minimum atomic E-state index is -0.328. The lowest BCUT2D eigenvalue weighted by molar-refractivity contribution is 0.0601. The van der Waals surface area contributed by atoms with Crippen molar-refractivity contribution >= 4 is 22.6 Å². The maximum atomic E-state index is 12.1. The molecule has 34 heavy (non-hydrogen) atoms. The first-order valence-corrected chi connectivity index (χ1v) is 11.6. The van der Waals surface area contributed by atoms with Crippen LogP contribution in [0, 0.1) is 0 Å². The Morgan fingerprint density at radius 3 is 2.65 bits per heavy atom. The van der Waals surface area contributed by atoms with Gasteiger partial charge >= 0.3 is 5.97 Å². The van der Waals surface area contributed by atoms with Crippen LogP contribution in [0.2, 0.25) is 0 Å². The number of fused-ring (bicyclic) bond motifs is 1. The summed E-state index contributed by atoms with van der Waals surface area (Å²) in [7, 11) is 1.41. The van der Waals surface area contributed by atoms with E-state index in [-0.39, 0.29) is 5.97 Å². The summed E-state index contributed by atoms with van der Waals surface area (Å²) in [6, 6.07) is 14.5. The quantitative estimate of drug-likeness (QED) is 0.404. The zero-order chi connectivity index (χ0) is 23.3. The Bertz CT molecular complexity index is 1240. The molecule has 4 aromatic rings. The molecule has 2 aromatic heterocycles. The number of aryl methyl sites for hydroxylation is 4. The van der Waals surface area contributed by atoms with Crippen LogP contribution in [0.5, 0.6) is 0 Å². The Hall–Kier alpha value is -3.72. The van der Waals surface area contributed by atoms with Crippen molar-refractivity contribution in [3.8, 4) is 0 Å². The van der Waals surface area contributed by atoms with Crippen molar-refractivity contribution in [2.45, 2.75) is 25.8 Å². The zero-order valence-corrected chi connectivity index (χ0v) is 19.2. The number of methoxy groups -OCH3 is 1. The minimum absolute atomic E-state index is 0.328. The van der Waals surface area contributed by atoms with Gasteiger partial charge in [0.1, 0.15) is 0 Å². The average molecular weight is 461 g/mol. The summed E-state index contributed by atoms with van der Waals surface area (Å²) in [4.78, 5) is 14.5. The molecule has 0 unspecified atom stereocenters. The molecule has 1 N–H and O–H groups in total. The first kappa shape index (κ1) is 22.1. The molecule has 1 fully saturated rings. The molecule has 1 aliphatic heterocycles. The fraction of sp³-hybridized carbons (Fsp3) is 0.360. The van der Waals surface area contributed by atoms with Crippen LogP contribution in [-0.2, 0) is 35.3 Å². The summed E-state index contributed by atoms with van der Waals surface area (Å²) in [6.45, 7) is 4.16. The van der Waals surface area contributed by atoms with Crippen molar-refractivity contribution in [2.75, 3.05) is 38.3 Å². The third-order valence-electron chi connectivity index (χ3n) is 6.35. The molecule has 1 aliphatic rings. The number of carbonyl (C=O) groups excluding carboxylic acids is 1. The van der Waals surface area contributed by atoms with Gasteiger partial charge in [-0.25, -0.2) is 4.79 Å². The molecule has 0 amide bonds. The van der Waals surface area contributed by atoms with Crippen LogP contribution < -0.4 is 4.90 Å². The molecule has 0 atom stereocenters. The van der Waals surface area contributed by atoms with Crippen molar-refractivity contribution < 1.29 is 14.3 Å².